The van der Waals surface area contributed by atoms with Crippen LogP contribution in [0.5, 0.6) is 0 Å². The van der Waals surface area contributed by atoms with E-state index in [1.54, 1.807) is 6.33 Å². The second-order valence-corrected chi connectivity index (χ2v) is 6.47. The minimum atomic E-state index is 0.656. The molecule has 0 fully saturated rings. The lowest BCUT2D eigenvalue weighted by molar-refractivity contribution is 0.402. The van der Waals surface area contributed by atoms with Crippen LogP contribution < -0.4 is 10.6 Å². The Balaban J connectivity index is 1.91. The van der Waals surface area contributed by atoms with E-state index in [1.165, 1.54) is 11.1 Å². The molecule has 2 rings (SSSR count). The Bertz CT molecular complexity index is 691. The molecule has 0 saturated heterocycles. The lowest BCUT2D eigenvalue weighted by Gasteiger charge is -2.13. The highest BCUT2D eigenvalue weighted by molar-refractivity contribution is 5.79. The van der Waals surface area contributed by atoms with Crippen molar-refractivity contribution in [1.82, 2.24) is 30.3 Å². The number of hydrogen-bond donors (Lipinski definition) is 2. The Morgan fingerprint density at radius 2 is 2.00 bits per heavy atom. The number of aromatic nitrogens is 3. The highest BCUT2D eigenvalue weighted by Crippen LogP contribution is 2.08. The van der Waals surface area contributed by atoms with Crippen LogP contribution in [0.4, 0.5) is 0 Å². The van der Waals surface area contributed by atoms with Crippen LogP contribution in [0.3, 0.4) is 0 Å². The molecule has 142 valence electrons. The predicted molar refractivity (Wildman–Crippen MR) is 106 cm³/mol. The van der Waals surface area contributed by atoms with Gasteiger partial charge in [0.1, 0.15) is 12.2 Å². The van der Waals surface area contributed by atoms with Crippen molar-refractivity contribution in [1.29, 1.82) is 0 Å². The average molecular weight is 358 g/mol. The lowest BCUT2D eigenvalue weighted by atomic mass is 10.1. The molecule has 0 atom stereocenters. The minimum Gasteiger partial charge on any atom is -0.357 e. The van der Waals surface area contributed by atoms with Crippen molar-refractivity contribution in [2.24, 2.45) is 4.99 Å². The van der Waals surface area contributed by atoms with Crippen LogP contribution in [0.2, 0.25) is 0 Å². The van der Waals surface area contributed by atoms with E-state index in [9.17, 15) is 0 Å². The summed E-state index contributed by atoms with van der Waals surface area (Å²) in [6.45, 7) is 8.18. The Morgan fingerprint density at radius 1 is 1.19 bits per heavy atom. The van der Waals surface area contributed by atoms with Crippen LogP contribution in [0.15, 0.2) is 35.6 Å². The number of guanidine groups is 1. The Morgan fingerprint density at radius 3 is 2.73 bits per heavy atom. The van der Waals surface area contributed by atoms with Crippen molar-refractivity contribution >= 4 is 5.96 Å². The smallest absolute Gasteiger partial charge is 0.191 e. The number of benzene rings is 1. The molecule has 1 aromatic carbocycles. The molecule has 0 amide bonds. The van der Waals surface area contributed by atoms with Gasteiger partial charge in [-0.15, -0.1) is 10.2 Å². The van der Waals surface area contributed by atoms with Crippen molar-refractivity contribution in [3.05, 3.63) is 47.5 Å². The summed E-state index contributed by atoms with van der Waals surface area (Å²) >= 11 is 0. The van der Waals surface area contributed by atoms with E-state index >= 15 is 0 Å². The number of rotatable bonds is 9. The monoisotopic (exact) mass is 357 g/mol. The zero-order chi connectivity index (χ0) is 18.8. The Labute approximate surface area is 156 Å². The number of hydrogen-bond acceptors (Lipinski definition) is 4. The summed E-state index contributed by atoms with van der Waals surface area (Å²) in [6.07, 6.45) is 2.66. The first-order valence-electron chi connectivity index (χ1n) is 9.23. The van der Waals surface area contributed by atoms with Gasteiger partial charge in [0, 0.05) is 32.6 Å². The summed E-state index contributed by atoms with van der Waals surface area (Å²) in [4.78, 5) is 6.88. The second kappa shape index (κ2) is 10.6. The molecule has 7 heteroatoms. The molecule has 0 radical (unpaired) electrons. The van der Waals surface area contributed by atoms with Gasteiger partial charge in [0.2, 0.25) is 0 Å². The highest BCUT2D eigenvalue weighted by atomic mass is 15.3. The summed E-state index contributed by atoms with van der Waals surface area (Å²) in [5.74, 6) is 1.84. The summed E-state index contributed by atoms with van der Waals surface area (Å²) in [6, 6.07) is 8.60. The molecule has 0 unspecified atom stereocenters. The van der Waals surface area contributed by atoms with Gasteiger partial charge in [0.05, 0.1) is 6.54 Å². The maximum atomic E-state index is 4.71. The molecule has 1 aromatic heterocycles. The van der Waals surface area contributed by atoms with Crippen LogP contribution in [0.1, 0.15) is 30.8 Å². The molecule has 26 heavy (non-hydrogen) atoms. The second-order valence-electron chi connectivity index (χ2n) is 6.47. The van der Waals surface area contributed by atoms with Crippen LogP contribution in [-0.4, -0.2) is 52.8 Å². The van der Waals surface area contributed by atoms with E-state index in [4.69, 9.17) is 4.99 Å². The van der Waals surface area contributed by atoms with Crippen molar-refractivity contribution in [3.8, 4) is 0 Å². The van der Waals surface area contributed by atoms with Gasteiger partial charge < -0.3 is 20.1 Å². The van der Waals surface area contributed by atoms with Gasteiger partial charge in [-0.1, -0.05) is 31.2 Å². The quantitative estimate of drug-likeness (QED) is 0.528. The normalized spacial score (nSPS) is 11.8. The van der Waals surface area contributed by atoms with Crippen molar-refractivity contribution in [3.63, 3.8) is 0 Å². The first-order chi connectivity index (χ1) is 12.6. The predicted octanol–water partition coefficient (Wildman–Crippen LogP) is 1.66. The van der Waals surface area contributed by atoms with Gasteiger partial charge >= 0.3 is 0 Å². The topological polar surface area (TPSA) is 70.4 Å². The van der Waals surface area contributed by atoms with E-state index in [0.29, 0.717) is 6.54 Å². The van der Waals surface area contributed by atoms with E-state index in [-0.39, 0.29) is 0 Å². The molecule has 2 aromatic rings. The molecule has 0 bridgehead atoms. The molecular weight excluding hydrogens is 326 g/mol. The number of nitrogens with zero attached hydrogens (tertiary/aromatic N) is 5. The van der Waals surface area contributed by atoms with Crippen molar-refractivity contribution < 1.29 is 0 Å². The maximum Gasteiger partial charge on any atom is 0.191 e. The number of aliphatic imine (C=N–C) groups is 1. The lowest BCUT2D eigenvalue weighted by Crippen LogP contribution is -2.38. The Hall–Kier alpha value is -2.41. The summed E-state index contributed by atoms with van der Waals surface area (Å²) in [5, 5.41) is 14.8. The molecule has 2 N–H and O–H groups in total. The molecule has 0 saturated carbocycles. The van der Waals surface area contributed by atoms with Crippen molar-refractivity contribution in [2.75, 3.05) is 27.2 Å². The third-order valence-corrected chi connectivity index (χ3v) is 3.91. The third-order valence-electron chi connectivity index (χ3n) is 3.91. The average Bonchev–Trinajstić information content (AvgIpc) is 3.07. The van der Waals surface area contributed by atoms with Gasteiger partial charge in [-0.2, -0.15) is 0 Å². The first kappa shape index (κ1) is 19.9. The van der Waals surface area contributed by atoms with Crippen LogP contribution in [0.25, 0.3) is 0 Å². The molecule has 0 aliphatic carbocycles. The fourth-order valence-electron chi connectivity index (χ4n) is 2.74. The molecule has 0 aliphatic rings. The zero-order valence-corrected chi connectivity index (χ0v) is 16.4. The molecular formula is C19H31N7. The Kier molecular flexibility index (Phi) is 8.08. The summed E-state index contributed by atoms with van der Waals surface area (Å²) in [5.41, 5.74) is 2.52. The van der Waals surface area contributed by atoms with Crippen molar-refractivity contribution in [2.45, 2.75) is 39.9 Å². The van der Waals surface area contributed by atoms with Crippen LogP contribution in [-0.2, 0) is 26.1 Å². The van der Waals surface area contributed by atoms with E-state index in [2.05, 4.69) is 82.5 Å². The zero-order valence-electron chi connectivity index (χ0n) is 16.4. The molecule has 7 nitrogen and oxygen atoms in total. The largest absolute Gasteiger partial charge is 0.357 e. The van der Waals surface area contributed by atoms with Gasteiger partial charge in [0.25, 0.3) is 0 Å². The summed E-state index contributed by atoms with van der Waals surface area (Å²) < 4.78 is 2.07. The highest BCUT2D eigenvalue weighted by Gasteiger charge is 2.03. The fourth-order valence-corrected chi connectivity index (χ4v) is 2.74. The van der Waals surface area contributed by atoms with Gasteiger partial charge in [0.15, 0.2) is 5.96 Å². The number of nitrogens with one attached hydrogen (secondary N) is 2. The summed E-state index contributed by atoms with van der Waals surface area (Å²) in [7, 11) is 4.16. The fraction of sp³-hybridized carbons (Fsp3) is 0.526. The van der Waals surface area contributed by atoms with E-state index in [0.717, 1.165) is 44.4 Å². The van der Waals surface area contributed by atoms with E-state index < -0.39 is 0 Å². The minimum absolute atomic E-state index is 0.656. The van der Waals surface area contributed by atoms with E-state index in [1.807, 2.05) is 0 Å². The van der Waals surface area contributed by atoms with Gasteiger partial charge in [-0.25, -0.2) is 4.99 Å². The molecule has 0 spiro atoms. The van der Waals surface area contributed by atoms with Gasteiger partial charge in [-0.05, 0) is 32.1 Å². The maximum absolute atomic E-state index is 4.71. The SMILES string of the molecule is CCNC(=NCc1cccc(CN(C)C)c1)NCCn1cnnc1CC. The van der Waals surface area contributed by atoms with Crippen LogP contribution >= 0.6 is 0 Å². The third kappa shape index (κ3) is 6.48. The molecule has 1 heterocycles. The molecule has 0 aliphatic heterocycles. The van der Waals surface area contributed by atoms with Gasteiger partial charge in [-0.3, -0.25) is 0 Å². The number of aryl methyl sites for hydroxylation is 1. The van der Waals surface area contributed by atoms with Crippen LogP contribution in [0, 0.1) is 0 Å². The first-order valence-corrected chi connectivity index (χ1v) is 9.23. The standard InChI is InChI=1S/C19H31N7/c1-5-18-24-23-15-26(18)11-10-21-19(20-6-2)22-13-16-8-7-9-17(12-16)14-25(3)4/h7-9,12,15H,5-6,10-11,13-14H2,1-4H3,(H2,20,21,22).